The number of para-hydroxylation sites is 1. The number of aromatic hydroxyl groups is 1. The summed E-state index contributed by atoms with van der Waals surface area (Å²) in [5, 5.41) is 46.0. The van der Waals surface area contributed by atoms with Gasteiger partial charge in [0, 0.05) is 29.0 Å². The zero-order valence-corrected chi connectivity index (χ0v) is 26.9. The Morgan fingerprint density at radius 1 is 1.08 bits per heavy atom. The van der Waals surface area contributed by atoms with Crippen LogP contribution in [0.25, 0.3) is 11.1 Å². The van der Waals surface area contributed by atoms with Crippen molar-refractivity contribution >= 4 is 46.9 Å². The lowest BCUT2D eigenvalue weighted by Gasteiger charge is -2.33. The van der Waals surface area contributed by atoms with E-state index in [1.807, 2.05) is 0 Å². The average molecular weight is 679 g/mol. The van der Waals surface area contributed by atoms with Gasteiger partial charge in [-0.05, 0) is 37.2 Å². The number of Topliss-reactive ketones (excluding diaryl/α,β-unsaturated/α-hetero) is 1. The molecule has 0 radical (unpaired) electrons. The molecular weight excluding hydrogens is 640 g/mol. The van der Waals surface area contributed by atoms with Crippen LogP contribution in [0.5, 0.6) is 5.75 Å². The van der Waals surface area contributed by atoms with Crippen molar-refractivity contribution in [3.63, 3.8) is 0 Å². The predicted molar refractivity (Wildman–Crippen MR) is 173 cm³/mol. The molecule has 2 aromatic carbocycles. The fourth-order valence-corrected chi connectivity index (χ4v) is 5.58. The first kappa shape index (κ1) is 36.2. The van der Waals surface area contributed by atoms with Crippen molar-refractivity contribution < 1.29 is 48.9 Å². The number of hydrogen-bond acceptors (Lipinski definition) is 10. The Morgan fingerprint density at radius 3 is 2.45 bits per heavy atom. The maximum Gasteiger partial charge on any atom is 0.288 e. The Hall–Kier alpha value is -5.61. The lowest BCUT2D eigenvalue weighted by atomic mass is 9.83. The van der Waals surface area contributed by atoms with Gasteiger partial charge in [0.2, 0.25) is 29.4 Å². The van der Waals surface area contributed by atoms with E-state index >= 15 is 0 Å². The predicted octanol–water partition coefficient (Wildman–Crippen LogP) is -1.29. The van der Waals surface area contributed by atoms with Gasteiger partial charge >= 0.3 is 0 Å². The van der Waals surface area contributed by atoms with Gasteiger partial charge in [-0.15, -0.1) is 0 Å². The van der Waals surface area contributed by atoms with Crippen molar-refractivity contribution in [2.24, 2.45) is 11.7 Å². The van der Waals surface area contributed by atoms with Gasteiger partial charge in [0.05, 0.1) is 12.1 Å². The number of nitrogens with one attached hydrogen (secondary N) is 5. The molecule has 10 N–H and O–H groups in total. The van der Waals surface area contributed by atoms with E-state index in [9.17, 15) is 48.9 Å². The Kier molecular flexibility index (Phi) is 10.8. The molecule has 0 fully saturated rings. The lowest BCUT2D eigenvalue weighted by Crippen LogP contribution is -2.64. The maximum absolute atomic E-state index is 13.7. The van der Waals surface area contributed by atoms with Crippen molar-refractivity contribution in [1.82, 2.24) is 21.3 Å². The van der Waals surface area contributed by atoms with Gasteiger partial charge in [0.1, 0.15) is 30.0 Å². The second-order valence-electron chi connectivity index (χ2n) is 11.9. The normalized spacial score (nSPS) is 24.3. The number of phenols is 1. The molecule has 260 valence electrons. The molecule has 16 heteroatoms. The summed E-state index contributed by atoms with van der Waals surface area (Å²) in [4.78, 5) is 91.8. The first-order valence-electron chi connectivity index (χ1n) is 15.5. The van der Waals surface area contributed by atoms with E-state index in [1.165, 1.54) is 49.4 Å². The number of carbonyl (C=O) groups excluding carboxylic acids is 7. The van der Waals surface area contributed by atoms with Gasteiger partial charge in [-0.3, -0.25) is 33.6 Å². The Bertz CT molecular complexity index is 1740. The topological polar surface area (TPSA) is 266 Å². The highest BCUT2D eigenvalue weighted by Crippen LogP contribution is 2.46. The molecule has 6 bridgehead atoms. The molecule has 2 heterocycles. The zero-order chi connectivity index (χ0) is 36.2. The molecule has 0 saturated heterocycles. The van der Waals surface area contributed by atoms with Crippen molar-refractivity contribution in [3.8, 4) is 16.9 Å². The number of hydrogen-bond donors (Lipinski definition) is 9. The monoisotopic (exact) mass is 678 g/mol. The third kappa shape index (κ3) is 7.29. The minimum absolute atomic E-state index is 0.0270. The summed E-state index contributed by atoms with van der Waals surface area (Å²) in [6.07, 6.45) is -0.553. The van der Waals surface area contributed by atoms with Gasteiger partial charge < -0.3 is 47.6 Å². The van der Waals surface area contributed by atoms with Crippen LogP contribution in [0.3, 0.4) is 0 Å². The number of allylic oxidation sites excluding steroid dienone is 1. The molecule has 16 nitrogen and oxygen atoms in total. The average Bonchev–Trinajstić information content (AvgIpc) is 3.34. The Balaban J connectivity index is 1.93. The number of primary amides is 1. The number of aliphatic hydroxyl groups excluding tert-OH is 1. The molecule has 0 unspecified atom stereocenters. The second kappa shape index (κ2) is 14.7. The highest BCUT2D eigenvalue weighted by atomic mass is 16.4. The van der Waals surface area contributed by atoms with Crippen LogP contribution in [0, 0.1) is 5.92 Å². The van der Waals surface area contributed by atoms with E-state index in [4.69, 9.17) is 5.73 Å². The van der Waals surface area contributed by atoms with Crippen LogP contribution in [-0.2, 0) is 45.6 Å². The second-order valence-corrected chi connectivity index (χ2v) is 11.9. The van der Waals surface area contributed by atoms with Gasteiger partial charge in [-0.25, -0.2) is 0 Å². The van der Waals surface area contributed by atoms with Crippen LogP contribution in [0.2, 0.25) is 0 Å². The van der Waals surface area contributed by atoms with Gasteiger partial charge in [0.15, 0.2) is 5.60 Å². The number of nitrogens with two attached hydrogens (primary N) is 1. The third-order valence-electron chi connectivity index (χ3n) is 8.51. The number of ketones is 1. The Morgan fingerprint density at radius 2 is 1.80 bits per heavy atom. The largest absolute Gasteiger partial charge is 0.507 e. The highest BCUT2D eigenvalue weighted by molar-refractivity contribution is 6.37. The number of benzene rings is 2. The molecule has 6 atom stereocenters. The third-order valence-corrected chi connectivity index (χ3v) is 8.51. The summed E-state index contributed by atoms with van der Waals surface area (Å²) in [7, 11) is 0. The fourth-order valence-electron chi connectivity index (χ4n) is 5.58. The molecule has 4 rings (SSSR count). The van der Waals surface area contributed by atoms with E-state index in [0.29, 0.717) is 12.0 Å². The smallest absolute Gasteiger partial charge is 0.288 e. The minimum atomic E-state index is -2.83. The first-order valence-corrected chi connectivity index (χ1v) is 15.5. The number of anilines is 1. The number of phenolic OH excluding ortho intramolecular Hbond substituents is 1. The SMILES string of the molecule is C/C=C\NC(=O)[C@H]1NC(=O)[C@@H](CC(N)=O)NC(=O)[C@@H](NC(=O)C(=O)[C@H](C)CC)Cc2ccc(O)c(c2)-c2cccc3c2NC(=O)[C@@]3(O)[C@H]1O. The zero-order valence-electron chi connectivity index (χ0n) is 26.9. The molecule has 2 aromatic rings. The summed E-state index contributed by atoms with van der Waals surface area (Å²) >= 11 is 0. The number of amides is 6. The number of aliphatic hydroxyl groups is 2. The summed E-state index contributed by atoms with van der Waals surface area (Å²) in [5.74, 6) is -8.38. The Labute approximate surface area is 280 Å². The van der Waals surface area contributed by atoms with E-state index in [-0.39, 0.29) is 34.5 Å². The van der Waals surface area contributed by atoms with Crippen LogP contribution < -0.4 is 32.3 Å². The molecule has 0 spiro atoms. The van der Waals surface area contributed by atoms with Crippen molar-refractivity contribution in [1.29, 1.82) is 0 Å². The molecule has 0 saturated carbocycles. The standard InChI is InChI=1S/C33H38N6O10/c1-4-11-35-30(46)25-27(43)33(49)19-8-6-7-17(24(19)39-32(33)48)18-12-16(9-10-22(18)40)13-20(37-31(47)26(42)15(3)5-2)28(44)36-21(14-23(34)41)29(45)38-25/h4,6-12,15,20-21,25,27,40,43,49H,5,13-14H2,1-3H3,(H2,34,41)(H,35,46)(H,36,44)(H,37,47)(H,38,45)(H,39,48)/b11-4-/t15-,20+,21-,25+,27+,33+/m1/s1. The van der Waals surface area contributed by atoms with Crippen LogP contribution in [0.15, 0.2) is 48.7 Å². The van der Waals surface area contributed by atoms with Gasteiger partial charge in [0.25, 0.3) is 11.8 Å². The van der Waals surface area contributed by atoms with E-state index < -0.39 is 83.4 Å². The van der Waals surface area contributed by atoms with E-state index in [2.05, 4.69) is 26.6 Å². The van der Waals surface area contributed by atoms with Gasteiger partial charge in [-0.2, -0.15) is 0 Å². The fraction of sp³-hybridized carbons (Fsp3) is 0.364. The van der Waals surface area contributed by atoms with Crippen molar-refractivity contribution in [2.75, 3.05) is 5.32 Å². The molecule has 6 amide bonds. The molecule has 2 aliphatic heterocycles. The van der Waals surface area contributed by atoms with Crippen LogP contribution in [0.1, 0.15) is 44.7 Å². The van der Waals surface area contributed by atoms with E-state index in [0.717, 1.165) is 6.20 Å². The quantitative estimate of drug-likeness (QED) is 0.149. The summed E-state index contributed by atoms with van der Waals surface area (Å²) in [6.45, 7) is 4.79. The maximum atomic E-state index is 13.7. The molecule has 2 aliphatic rings. The van der Waals surface area contributed by atoms with Crippen molar-refractivity contribution in [2.45, 2.75) is 69.9 Å². The summed E-state index contributed by atoms with van der Waals surface area (Å²) < 4.78 is 0. The first-order chi connectivity index (χ1) is 23.1. The van der Waals surface area contributed by atoms with Crippen LogP contribution >= 0.6 is 0 Å². The minimum Gasteiger partial charge on any atom is -0.507 e. The number of fused-ring (bicyclic) bond motifs is 3. The highest BCUT2D eigenvalue weighted by Gasteiger charge is 2.56. The van der Waals surface area contributed by atoms with Crippen molar-refractivity contribution in [3.05, 3.63) is 59.8 Å². The van der Waals surface area contributed by atoms with Gasteiger partial charge in [-0.1, -0.05) is 44.2 Å². The van der Waals surface area contributed by atoms with Crippen LogP contribution in [0.4, 0.5) is 5.69 Å². The van der Waals surface area contributed by atoms with Crippen LogP contribution in [-0.4, -0.2) is 80.8 Å². The number of rotatable bonds is 8. The molecule has 0 aromatic heterocycles. The molecular formula is C33H38N6O10. The number of carbonyl (C=O) groups is 7. The summed E-state index contributed by atoms with van der Waals surface area (Å²) in [5.41, 5.74) is 2.95. The molecule has 0 aliphatic carbocycles. The molecule has 49 heavy (non-hydrogen) atoms. The summed E-state index contributed by atoms with van der Waals surface area (Å²) in [6, 6.07) is 3.02. The lowest BCUT2D eigenvalue weighted by molar-refractivity contribution is -0.155. The van der Waals surface area contributed by atoms with E-state index in [1.54, 1.807) is 13.8 Å².